The SMILES string of the molecule is CC1CN(C(=O)CCC2CCCNC2)CCCO1. The summed E-state index contributed by atoms with van der Waals surface area (Å²) in [4.78, 5) is 14.2. The van der Waals surface area contributed by atoms with Crippen LogP contribution in [0.1, 0.15) is 39.0 Å². The van der Waals surface area contributed by atoms with E-state index in [1.807, 2.05) is 4.90 Å². The summed E-state index contributed by atoms with van der Waals surface area (Å²) in [6, 6.07) is 0. The third kappa shape index (κ3) is 4.25. The molecule has 18 heavy (non-hydrogen) atoms. The monoisotopic (exact) mass is 254 g/mol. The van der Waals surface area contributed by atoms with Gasteiger partial charge in [0.15, 0.2) is 0 Å². The Labute approximate surface area is 110 Å². The van der Waals surface area contributed by atoms with E-state index in [1.165, 1.54) is 12.8 Å². The molecule has 4 nitrogen and oxygen atoms in total. The number of carbonyl (C=O) groups excluding carboxylic acids is 1. The van der Waals surface area contributed by atoms with Gasteiger partial charge in [-0.1, -0.05) is 0 Å². The first-order valence-electron chi connectivity index (χ1n) is 7.36. The topological polar surface area (TPSA) is 41.6 Å². The number of rotatable bonds is 3. The quantitative estimate of drug-likeness (QED) is 0.828. The molecule has 0 aromatic heterocycles. The van der Waals surface area contributed by atoms with Gasteiger partial charge in [-0.2, -0.15) is 0 Å². The van der Waals surface area contributed by atoms with Crippen LogP contribution in [0.15, 0.2) is 0 Å². The van der Waals surface area contributed by atoms with Gasteiger partial charge < -0.3 is 15.0 Å². The predicted octanol–water partition coefficient (Wildman–Crippen LogP) is 1.40. The second-order valence-corrected chi connectivity index (χ2v) is 5.63. The molecule has 1 amide bonds. The third-order valence-electron chi connectivity index (χ3n) is 3.97. The van der Waals surface area contributed by atoms with Crippen LogP contribution < -0.4 is 5.32 Å². The van der Waals surface area contributed by atoms with Crippen LogP contribution in [0, 0.1) is 5.92 Å². The molecule has 0 spiro atoms. The lowest BCUT2D eigenvalue weighted by molar-refractivity contribution is -0.132. The molecule has 2 unspecified atom stereocenters. The van der Waals surface area contributed by atoms with Crippen LogP contribution in [0.2, 0.25) is 0 Å². The van der Waals surface area contributed by atoms with Crippen molar-refractivity contribution in [2.24, 2.45) is 5.92 Å². The lowest BCUT2D eigenvalue weighted by atomic mass is 9.94. The molecule has 0 saturated carbocycles. The van der Waals surface area contributed by atoms with Crippen molar-refractivity contribution in [1.29, 1.82) is 0 Å². The van der Waals surface area contributed by atoms with Crippen molar-refractivity contribution < 1.29 is 9.53 Å². The molecule has 2 fully saturated rings. The summed E-state index contributed by atoms with van der Waals surface area (Å²) in [7, 11) is 0. The first-order valence-corrected chi connectivity index (χ1v) is 7.36. The number of amides is 1. The zero-order valence-corrected chi connectivity index (χ0v) is 11.5. The zero-order valence-electron chi connectivity index (χ0n) is 11.5. The minimum Gasteiger partial charge on any atom is -0.377 e. The highest BCUT2D eigenvalue weighted by atomic mass is 16.5. The standard InChI is InChI=1S/C14H26N2O2/c1-12-11-16(8-3-9-18-12)14(17)6-5-13-4-2-7-15-10-13/h12-13,15H,2-11H2,1H3. The fourth-order valence-corrected chi connectivity index (χ4v) is 2.88. The van der Waals surface area contributed by atoms with Crippen molar-refractivity contribution in [3.63, 3.8) is 0 Å². The highest BCUT2D eigenvalue weighted by Gasteiger charge is 2.21. The molecule has 2 aliphatic rings. The highest BCUT2D eigenvalue weighted by Crippen LogP contribution is 2.17. The molecule has 2 rings (SSSR count). The van der Waals surface area contributed by atoms with Crippen LogP contribution in [0.5, 0.6) is 0 Å². The van der Waals surface area contributed by atoms with Crippen LogP contribution in [0.25, 0.3) is 0 Å². The van der Waals surface area contributed by atoms with Crippen molar-refractivity contribution >= 4 is 5.91 Å². The average molecular weight is 254 g/mol. The first-order chi connectivity index (χ1) is 8.75. The third-order valence-corrected chi connectivity index (χ3v) is 3.97. The van der Waals surface area contributed by atoms with Gasteiger partial charge in [0.1, 0.15) is 0 Å². The van der Waals surface area contributed by atoms with Gasteiger partial charge in [0.05, 0.1) is 6.10 Å². The Hall–Kier alpha value is -0.610. The molecule has 0 radical (unpaired) electrons. The van der Waals surface area contributed by atoms with E-state index in [2.05, 4.69) is 12.2 Å². The lowest BCUT2D eigenvalue weighted by Gasteiger charge is -2.25. The lowest BCUT2D eigenvalue weighted by Crippen LogP contribution is -2.36. The number of nitrogens with one attached hydrogen (secondary N) is 1. The summed E-state index contributed by atoms with van der Waals surface area (Å²) < 4.78 is 5.57. The normalized spacial score (nSPS) is 29.9. The van der Waals surface area contributed by atoms with E-state index in [9.17, 15) is 4.79 Å². The Bertz CT molecular complexity index is 265. The highest BCUT2D eigenvalue weighted by molar-refractivity contribution is 5.76. The number of hydrogen-bond acceptors (Lipinski definition) is 3. The fraction of sp³-hybridized carbons (Fsp3) is 0.929. The number of carbonyl (C=O) groups is 1. The molecular weight excluding hydrogens is 228 g/mol. The average Bonchev–Trinajstić information content (AvgIpc) is 2.62. The minimum absolute atomic E-state index is 0.188. The number of ether oxygens (including phenoxy) is 1. The molecule has 1 N–H and O–H groups in total. The van der Waals surface area contributed by atoms with E-state index in [1.54, 1.807) is 0 Å². The Morgan fingerprint density at radius 1 is 1.44 bits per heavy atom. The molecule has 0 aromatic carbocycles. The minimum atomic E-state index is 0.188. The molecular formula is C14H26N2O2. The van der Waals surface area contributed by atoms with E-state index in [0.717, 1.165) is 45.6 Å². The molecule has 2 heterocycles. The molecule has 2 saturated heterocycles. The maximum atomic E-state index is 12.2. The molecule has 2 atom stereocenters. The van der Waals surface area contributed by atoms with Crippen molar-refractivity contribution in [1.82, 2.24) is 10.2 Å². The zero-order chi connectivity index (χ0) is 12.8. The van der Waals surface area contributed by atoms with Crippen LogP contribution in [-0.4, -0.2) is 49.7 Å². The van der Waals surface area contributed by atoms with Gasteiger partial charge in [0.25, 0.3) is 0 Å². The predicted molar refractivity (Wildman–Crippen MR) is 71.4 cm³/mol. The Balaban J connectivity index is 1.72. The Morgan fingerprint density at radius 2 is 2.33 bits per heavy atom. The molecule has 104 valence electrons. The van der Waals surface area contributed by atoms with E-state index in [-0.39, 0.29) is 6.10 Å². The van der Waals surface area contributed by atoms with Gasteiger partial charge in [0.2, 0.25) is 5.91 Å². The van der Waals surface area contributed by atoms with Crippen molar-refractivity contribution in [3.8, 4) is 0 Å². The maximum absolute atomic E-state index is 12.2. The van der Waals surface area contributed by atoms with Gasteiger partial charge in [-0.25, -0.2) is 0 Å². The molecule has 0 aliphatic carbocycles. The maximum Gasteiger partial charge on any atom is 0.222 e. The van der Waals surface area contributed by atoms with Crippen molar-refractivity contribution in [2.45, 2.75) is 45.1 Å². The molecule has 2 aliphatic heterocycles. The summed E-state index contributed by atoms with van der Waals surface area (Å²) in [6.07, 6.45) is 5.44. The largest absolute Gasteiger partial charge is 0.377 e. The van der Waals surface area contributed by atoms with Gasteiger partial charge in [0, 0.05) is 26.1 Å². The van der Waals surface area contributed by atoms with Crippen LogP contribution in [-0.2, 0) is 9.53 Å². The van der Waals surface area contributed by atoms with Gasteiger partial charge in [-0.05, 0) is 51.6 Å². The van der Waals surface area contributed by atoms with Crippen LogP contribution in [0.4, 0.5) is 0 Å². The van der Waals surface area contributed by atoms with Crippen molar-refractivity contribution in [3.05, 3.63) is 0 Å². The second-order valence-electron chi connectivity index (χ2n) is 5.63. The summed E-state index contributed by atoms with van der Waals surface area (Å²) in [5, 5.41) is 3.41. The van der Waals surface area contributed by atoms with Crippen LogP contribution in [0.3, 0.4) is 0 Å². The van der Waals surface area contributed by atoms with Gasteiger partial charge in [-0.3, -0.25) is 4.79 Å². The number of piperidine rings is 1. The number of hydrogen-bond donors (Lipinski definition) is 1. The molecule has 0 aromatic rings. The fourth-order valence-electron chi connectivity index (χ4n) is 2.88. The summed E-state index contributed by atoms with van der Waals surface area (Å²) in [5.74, 6) is 1.02. The van der Waals surface area contributed by atoms with Crippen molar-refractivity contribution in [2.75, 3.05) is 32.8 Å². The summed E-state index contributed by atoms with van der Waals surface area (Å²) in [6.45, 7) is 6.71. The molecule has 0 bridgehead atoms. The smallest absolute Gasteiger partial charge is 0.222 e. The Morgan fingerprint density at radius 3 is 3.11 bits per heavy atom. The summed E-state index contributed by atoms with van der Waals surface area (Å²) in [5.41, 5.74) is 0. The number of nitrogens with zero attached hydrogens (tertiary/aromatic N) is 1. The van der Waals surface area contributed by atoms with E-state index >= 15 is 0 Å². The second kappa shape index (κ2) is 7.10. The van der Waals surface area contributed by atoms with E-state index < -0.39 is 0 Å². The van der Waals surface area contributed by atoms with E-state index in [0.29, 0.717) is 18.2 Å². The molecule has 4 heteroatoms. The Kier molecular flexibility index (Phi) is 5.45. The van der Waals surface area contributed by atoms with Crippen LogP contribution >= 0.6 is 0 Å². The summed E-state index contributed by atoms with van der Waals surface area (Å²) >= 11 is 0. The van der Waals surface area contributed by atoms with Gasteiger partial charge >= 0.3 is 0 Å². The van der Waals surface area contributed by atoms with Gasteiger partial charge in [-0.15, -0.1) is 0 Å². The van der Waals surface area contributed by atoms with E-state index in [4.69, 9.17) is 4.74 Å². The first kappa shape index (κ1) is 13.8.